The van der Waals surface area contributed by atoms with Gasteiger partial charge in [0.15, 0.2) is 0 Å². The molecule has 1 saturated heterocycles. The van der Waals surface area contributed by atoms with Crippen molar-refractivity contribution in [3.63, 3.8) is 0 Å². The lowest BCUT2D eigenvalue weighted by Gasteiger charge is -2.27. The van der Waals surface area contributed by atoms with Gasteiger partial charge in [-0.1, -0.05) is 40.2 Å². The summed E-state index contributed by atoms with van der Waals surface area (Å²) in [5, 5.41) is 12.8. The van der Waals surface area contributed by atoms with E-state index in [9.17, 15) is 9.90 Å². The molecule has 0 atom stereocenters. The van der Waals surface area contributed by atoms with Crippen LogP contribution in [-0.2, 0) is 17.8 Å². The molecule has 2 aromatic rings. The SMILES string of the molecule is O=C(NCc1ccccc1CN1CCOCC1)c1cc(Br)ccc1O. The number of benzene rings is 2. The number of aromatic hydroxyl groups is 1. The van der Waals surface area contributed by atoms with Crippen LogP contribution in [0.3, 0.4) is 0 Å². The molecular weight excluding hydrogens is 384 g/mol. The van der Waals surface area contributed by atoms with Crippen molar-refractivity contribution in [2.24, 2.45) is 0 Å². The van der Waals surface area contributed by atoms with Gasteiger partial charge in [-0.05, 0) is 29.3 Å². The van der Waals surface area contributed by atoms with E-state index in [1.54, 1.807) is 12.1 Å². The first kappa shape index (κ1) is 17.9. The number of nitrogens with zero attached hydrogens (tertiary/aromatic N) is 1. The van der Waals surface area contributed by atoms with Gasteiger partial charge in [0.25, 0.3) is 5.91 Å². The minimum atomic E-state index is -0.292. The summed E-state index contributed by atoms with van der Waals surface area (Å²) in [6.07, 6.45) is 0. The third-order valence-corrected chi connectivity index (χ3v) is 4.75. The molecule has 1 amide bonds. The molecule has 1 heterocycles. The van der Waals surface area contributed by atoms with Crippen LogP contribution in [0.25, 0.3) is 0 Å². The Hall–Kier alpha value is -1.89. The summed E-state index contributed by atoms with van der Waals surface area (Å²) in [6.45, 7) is 4.64. The molecule has 2 aromatic carbocycles. The monoisotopic (exact) mass is 404 g/mol. The van der Waals surface area contributed by atoms with Gasteiger partial charge < -0.3 is 15.2 Å². The highest BCUT2D eigenvalue weighted by molar-refractivity contribution is 9.10. The van der Waals surface area contributed by atoms with E-state index in [0.29, 0.717) is 6.54 Å². The number of amides is 1. The van der Waals surface area contributed by atoms with E-state index in [0.717, 1.165) is 42.9 Å². The van der Waals surface area contributed by atoms with Crippen LogP contribution in [0, 0.1) is 0 Å². The number of carbonyl (C=O) groups is 1. The zero-order valence-electron chi connectivity index (χ0n) is 13.9. The van der Waals surface area contributed by atoms with E-state index >= 15 is 0 Å². The normalized spacial score (nSPS) is 15.1. The number of carbonyl (C=O) groups excluding carboxylic acids is 1. The van der Waals surface area contributed by atoms with Gasteiger partial charge in [0.1, 0.15) is 5.75 Å². The highest BCUT2D eigenvalue weighted by atomic mass is 79.9. The Kier molecular flexibility index (Phi) is 6.07. The average Bonchev–Trinajstić information content (AvgIpc) is 2.63. The predicted molar refractivity (Wildman–Crippen MR) is 99.5 cm³/mol. The van der Waals surface area contributed by atoms with Crippen molar-refractivity contribution >= 4 is 21.8 Å². The van der Waals surface area contributed by atoms with Crippen LogP contribution >= 0.6 is 15.9 Å². The molecule has 0 aromatic heterocycles. The van der Waals surface area contributed by atoms with Gasteiger partial charge in [0.2, 0.25) is 0 Å². The van der Waals surface area contributed by atoms with Crippen molar-refractivity contribution in [1.29, 1.82) is 0 Å². The molecule has 1 aliphatic rings. The van der Waals surface area contributed by atoms with Crippen molar-refractivity contribution in [2.45, 2.75) is 13.1 Å². The number of phenols is 1. The van der Waals surface area contributed by atoms with Crippen LogP contribution in [0.5, 0.6) is 5.75 Å². The molecule has 0 spiro atoms. The maximum atomic E-state index is 12.4. The Bertz CT molecular complexity index is 745. The van der Waals surface area contributed by atoms with E-state index in [1.807, 2.05) is 18.2 Å². The maximum absolute atomic E-state index is 12.4. The fourth-order valence-corrected chi connectivity index (χ4v) is 3.21. The maximum Gasteiger partial charge on any atom is 0.255 e. The van der Waals surface area contributed by atoms with Crippen LogP contribution in [0.2, 0.25) is 0 Å². The minimum Gasteiger partial charge on any atom is -0.507 e. The lowest BCUT2D eigenvalue weighted by molar-refractivity contribution is 0.0340. The molecule has 0 radical (unpaired) electrons. The summed E-state index contributed by atoms with van der Waals surface area (Å²) >= 11 is 3.32. The van der Waals surface area contributed by atoms with Gasteiger partial charge in [0.05, 0.1) is 18.8 Å². The lowest BCUT2D eigenvalue weighted by Crippen LogP contribution is -2.36. The Morgan fingerprint density at radius 2 is 1.88 bits per heavy atom. The molecule has 0 saturated carbocycles. The van der Waals surface area contributed by atoms with Crippen molar-refractivity contribution in [3.05, 3.63) is 63.6 Å². The second-order valence-corrected chi connectivity index (χ2v) is 6.92. The third kappa shape index (κ3) is 4.81. The van der Waals surface area contributed by atoms with E-state index in [1.165, 1.54) is 11.6 Å². The number of phenolic OH excluding ortho intramolecular Hbond substituents is 1. The van der Waals surface area contributed by atoms with E-state index < -0.39 is 0 Å². The third-order valence-electron chi connectivity index (χ3n) is 4.26. The summed E-state index contributed by atoms with van der Waals surface area (Å²) in [5.41, 5.74) is 2.54. The topological polar surface area (TPSA) is 61.8 Å². The van der Waals surface area contributed by atoms with Crippen LogP contribution < -0.4 is 5.32 Å². The molecule has 25 heavy (non-hydrogen) atoms. The van der Waals surface area contributed by atoms with Gasteiger partial charge in [-0.15, -0.1) is 0 Å². The fraction of sp³-hybridized carbons (Fsp3) is 0.316. The van der Waals surface area contributed by atoms with Gasteiger partial charge in [-0.25, -0.2) is 0 Å². The number of rotatable bonds is 5. The first-order valence-corrected chi connectivity index (χ1v) is 9.06. The largest absolute Gasteiger partial charge is 0.507 e. The first-order valence-electron chi connectivity index (χ1n) is 8.27. The van der Waals surface area contributed by atoms with E-state index in [4.69, 9.17) is 4.74 Å². The summed E-state index contributed by atoms with van der Waals surface area (Å²) in [6, 6.07) is 12.9. The van der Waals surface area contributed by atoms with E-state index in [-0.39, 0.29) is 17.2 Å². The van der Waals surface area contributed by atoms with Crippen molar-refractivity contribution in [2.75, 3.05) is 26.3 Å². The molecule has 3 rings (SSSR count). The van der Waals surface area contributed by atoms with E-state index in [2.05, 4.69) is 32.2 Å². The summed E-state index contributed by atoms with van der Waals surface area (Å²) < 4.78 is 6.14. The number of halogens is 1. The highest BCUT2D eigenvalue weighted by Crippen LogP contribution is 2.22. The van der Waals surface area contributed by atoms with Crippen LogP contribution in [-0.4, -0.2) is 42.2 Å². The molecule has 1 fully saturated rings. The molecule has 0 bridgehead atoms. The molecule has 1 aliphatic heterocycles. The van der Waals surface area contributed by atoms with Gasteiger partial charge in [-0.2, -0.15) is 0 Å². The van der Waals surface area contributed by atoms with Crippen molar-refractivity contribution in [1.82, 2.24) is 10.2 Å². The summed E-state index contributed by atoms with van der Waals surface area (Å²) in [7, 11) is 0. The molecule has 0 aliphatic carbocycles. The number of morpholine rings is 1. The quantitative estimate of drug-likeness (QED) is 0.803. The molecule has 132 valence electrons. The molecule has 6 heteroatoms. The summed E-state index contributed by atoms with van der Waals surface area (Å²) in [5.74, 6) is -0.317. The first-order chi connectivity index (χ1) is 12.1. The molecule has 5 nitrogen and oxygen atoms in total. The Labute approximate surface area is 155 Å². The van der Waals surface area contributed by atoms with Gasteiger partial charge in [0, 0.05) is 30.7 Å². The number of nitrogens with one attached hydrogen (secondary N) is 1. The summed E-state index contributed by atoms with van der Waals surface area (Å²) in [4.78, 5) is 14.7. The van der Waals surface area contributed by atoms with Crippen molar-refractivity contribution in [3.8, 4) is 5.75 Å². The van der Waals surface area contributed by atoms with Crippen molar-refractivity contribution < 1.29 is 14.6 Å². The zero-order valence-corrected chi connectivity index (χ0v) is 15.5. The van der Waals surface area contributed by atoms with Gasteiger partial charge >= 0.3 is 0 Å². The highest BCUT2D eigenvalue weighted by Gasteiger charge is 2.14. The number of ether oxygens (including phenoxy) is 1. The Balaban J connectivity index is 1.66. The molecule has 2 N–H and O–H groups in total. The molecule has 0 unspecified atom stereocenters. The van der Waals surface area contributed by atoms with Crippen LogP contribution in [0.1, 0.15) is 21.5 Å². The fourth-order valence-electron chi connectivity index (χ4n) is 2.85. The Morgan fingerprint density at radius 1 is 1.16 bits per heavy atom. The second kappa shape index (κ2) is 8.47. The Morgan fingerprint density at radius 3 is 2.64 bits per heavy atom. The number of hydrogen-bond acceptors (Lipinski definition) is 4. The minimum absolute atomic E-state index is 0.0256. The van der Waals surface area contributed by atoms with Gasteiger partial charge in [-0.3, -0.25) is 9.69 Å². The standard InChI is InChI=1S/C19H21BrN2O3/c20-16-5-6-18(23)17(11-16)19(24)21-12-14-3-1-2-4-15(14)13-22-7-9-25-10-8-22/h1-6,11,23H,7-10,12-13H2,(H,21,24). The zero-order chi connectivity index (χ0) is 17.6. The van der Waals surface area contributed by atoms with Crippen LogP contribution in [0.15, 0.2) is 46.9 Å². The smallest absolute Gasteiger partial charge is 0.255 e. The second-order valence-electron chi connectivity index (χ2n) is 6.00. The predicted octanol–water partition coefficient (Wildman–Crippen LogP) is 2.92. The van der Waals surface area contributed by atoms with Crippen LogP contribution in [0.4, 0.5) is 0 Å². The average molecular weight is 405 g/mol. The lowest BCUT2D eigenvalue weighted by atomic mass is 10.1. The number of hydrogen-bond donors (Lipinski definition) is 2. The molecular formula is C19H21BrN2O3.